The summed E-state index contributed by atoms with van der Waals surface area (Å²) in [5, 5.41) is -0.0694. The van der Waals surface area contributed by atoms with Crippen molar-refractivity contribution in [3.63, 3.8) is 0 Å². The molecule has 0 bridgehead atoms. The molecule has 0 radical (unpaired) electrons. The molecule has 1 heterocycles. The van der Waals surface area contributed by atoms with Crippen LogP contribution in [-0.2, 0) is 5.88 Å². The molecular formula is C15H10Cl3FN2. The van der Waals surface area contributed by atoms with Crippen molar-refractivity contribution in [2.45, 2.75) is 12.8 Å². The van der Waals surface area contributed by atoms with Gasteiger partial charge in [-0.1, -0.05) is 29.3 Å². The molecule has 0 aliphatic carbocycles. The molecule has 0 atom stereocenters. The van der Waals surface area contributed by atoms with E-state index in [0.717, 1.165) is 16.6 Å². The van der Waals surface area contributed by atoms with Crippen molar-refractivity contribution in [3.05, 3.63) is 57.6 Å². The molecule has 2 aromatic carbocycles. The summed E-state index contributed by atoms with van der Waals surface area (Å²) in [5.74, 6) is 0.242. The number of imidazole rings is 1. The van der Waals surface area contributed by atoms with Crippen molar-refractivity contribution in [1.29, 1.82) is 0 Å². The van der Waals surface area contributed by atoms with Crippen LogP contribution in [0.25, 0.3) is 16.7 Å². The third-order valence-electron chi connectivity index (χ3n) is 3.23. The van der Waals surface area contributed by atoms with E-state index >= 15 is 0 Å². The summed E-state index contributed by atoms with van der Waals surface area (Å²) in [6, 6.07) is 8.92. The smallest absolute Gasteiger partial charge is 0.160 e. The van der Waals surface area contributed by atoms with Crippen LogP contribution in [0.1, 0.15) is 11.4 Å². The lowest BCUT2D eigenvalue weighted by Gasteiger charge is -2.10. The molecule has 3 rings (SSSR count). The summed E-state index contributed by atoms with van der Waals surface area (Å²) in [7, 11) is 0. The summed E-state index contributed by atoms with van der Waals surface area (Å²) in [4.78, 5) is 4.48. The highest BCUT2D eigenvalue weighted by atomic mass is 35.5. The molecule has 0 N–H and O–H groups in total. The van der Waals surface area contributed by atoms with E-state index in [1.54, 1.807) is 0 Å². The first-order valence-corrected chi connectivity index (χ1v) is 7.49. The Morgan fingerprint density at radius 1 is 1.14 bits per heavy atom. The maximum Gasteiger partial charge on any atom is 0.160 e. The first-order valence-electron chi connectivity index (χ1n) is 6.20. The highest BCUT2D eigenvalue weighted by molar-refractivity contribution is 6.35. The second-order valence-corrected chi connectivity index (χ2v) is 5.79. The second-order valence-electron chi connectivity index (χ2n) is 4.71. The first-order chi connectivity index (χ1) is 10.0. The van der Waals surface area contributed by atoms with Gasteiger partial charge in [0.05, 0.1) is 32.6 Å². The summed E-state index contributed by atoms with van der Waals surface area (Å²) >= 11 is 17.8. The molecule has 3 aromatic rings. The van der Waals surface area contributed by atoms with Gasteiger partial charge in [-0.3, -0.25) is 4.57 Å². The van der Waals surface area contributed by atoms with E-state index < -0.39 is 5.82 Å². The van der Waals surface area contributed by atoms with E-state index in [4.69, 9.17) is 34.8 Å². The van der Waals surface area contributed by atoms with Crippen LogP contribution in [0.3, 0.4) is 0 Å². The first kappa shape index (κ1) is 14.6. The average Bonchev–Trinajstić information content (AvgIpc) is 2.81. The predicted molar refractivity (Wildman–Crippen MR) is 85.3 cm³/mol. The van der Waals surface area contributed by atoms with Crippen molar-refractivity contribution in [2.24, 2.45) is 0 Å². The summed E-state index contributed by atoms with van der Waals surface area (Å²) in [6.07, 6.45) is 0. The summed E-state index contributed by atoms with van der Waals surface area (Å²) in [6.45, 7) is 1.99. The predicted octanol–water partition coefficient (Wildman–Crippen LogP) is 5.52. The Hall–Kier alpha value is -1.29. The zero-order chi connectivity index (χ0) is 15.1. The molecule has 0 fully saturated rings. The number of fused-ring (bicyclic) bond motifs is 1. The minimum Gasteiger partial charge on any atom is -0.295 e. The van der Waals surface area contributed by atoms with Crippen LogP contribution in [0.15, 0.2) is 30.3 Å². The fraction of sp³-hybridized carbons (Fsp3) is 0.133. The van der Waals surface area contributed by atoms with Crippen LogP contribution >= 0.6 is 34.8 Å². The molecule has 0 unspecified atom stereocenters. The SMILES string of the molecule is Cc1ccc2nc(CCl)n(-c3cc(Cl)c(F)c(Cl)c3)c2c1. The van der Waals surface area contributed by atoms with Gasteiger partial charge in [0.15, 0.2) is 5.82 Å². The van der Waals surface area contributed by atoms with Gasteiger partial charge in [0.1, 0.15) is 5.82 Å². The molecule has 0 aliphatic heterocycles. The summed E-state index contributed by atoms with van der Waals surface area (Å²) in [5.41, 5.74) is 3.41. The van der Waals surface area contributed by atoms with E-state index in [0.29, 0.717) is 11.5 Å². The van der Waals surface area contributed by atoms with Gasteiger partial charge >= 0.3 is 0 Å². The van der Waals surface area contributed by atoms with Crippen LogP contribution < -0.4 is 0 Å². The Balaban J connectivity index is 2.35. The molecule has 6 heteroatoms. The van der Waals surface area contributed by atoms with Crippen LogP contribution in [0.4, 0.5) is 4.39 Å². The van der Waals surface area contributed by atoms with Crippen molar-refractivity contribution in [3.8, 4) is 5.69 Å². The van der Waals surface area contributed by atoms with Gasteiger partial charge in [0, 0.05) is 0 Å². The van der Waals surface area contributed by atoms with Gasteiger partial charge in [-0.25, -0.2) is 9.37 Å². The Labute approximate surface area is 136 Å². The van der Waals surface area contributed by atoms with E-state index in [-0.39, 0.29) is 15.9 Å². The van der Waals surface area contributed by atoms with Gasteiger partial charge in [-0.15, -0.1) is 11.6 Å². The number of aromatic nitrogens is 2. The Morgan fingerprint density at radius 2 is 1.81 bits per heavy atom. The topological polar surface area (TPSA) is 17.8 Å². The zero-order valence-corrected chi connectivity index (χ0v) is 13.3. The average molecular weight is 344 g/mol. The molecule has 0 amide bonds. The van der Waals surface area contributed by atoms with Gasteiger partial charge < -0.3 is 0 Å². The van der Waals surface area contributed by atoms with Crippen molar-refractivity contribution in [2.75, 3.05) is 0 Å². The van der Waals surface area contributed by atoms with E-state index in [1.807, 2.05) is 29.7 Å². The van der Waals surface area contributed by atoms with Crippen LogP contribution in [0.2, 0.25) is 10.0 Å². The van der Waals surface area contributed by atoms with Crippen LogP contribution in [0, 0.1) is 12.7 Å². The minimum atomic E-state index is -0.630. The number of hydrogen-bond acceptors (Lipinski definition) is 1. The Bertz CT molecular complexity index is 819. The quantitative estimate of drug-likeness (QED) is 0.442. The fourth-order valence-electron chi connectivity index (χ4n) is 2.28. The van der Waals surface area contributed by atoms with Gasteiger partial charge in [0.25, 0.3) is 0 Å². The second kappa shape index (κ2) is 5.48. The normalized spacial score (nSPS) is 11.3. The van der Waals surface area contributed by atoms with E-state index in [9.17, 15) is 4.39 Å². The van der Waals surface area contributed by atoms with Crippen LogP contribution in [-0.4, -0.2) is 9.55 Å². The molecular weight excluding hydrogens is 334 g/mol. The lowest BCUT2D eigenvalue weighted by atomic mass is 10.2. The monoisotopic (exact) mass is 342 g/mol. The van der Waals surface area contributed by atoms with Crippen molar-refractivity contribution >= 4 is 45.8 Å². The number of alkyl halides is 1. The molecule has 2 nitrogen and oxygen atoms in total. The van der Waals surface area contributed by atoms with Gasteiger partial charge in [0.2, 0.25) is 0 Å². The van der Waals surface area contributed by atoms with Gasteiger partial charge in [-0.2, -0.15) is 0 Å². The molecule has 0 saturated carbocycles. The molecule has 1 aromatic heterocycles. The third-order valence-corrected chi connectivity index (χ3v) is 4.01. The number of nitrogens with zero attached hydrogens (tertiary/aromatic N) is 2. The van der Waals surface area contributed by atoms with Gasteiger partial charge in [-0.05, 0) is 36.8 Å². The van der Waals surface area contributed by atoms with Crippen LogP contribution in [0.5, 0.6) is 0 Å². The number of halogens is 4. The number of aryl methyl sites for hydroxylation is 1. The van der Waals surface area contributed by atoms with E-state index in [1.165, 1.54) is 12.1 Å². The highest BCUT2D eigenvalue weighted by Crippen LogP contribution is 2.30. The Morgan fingerprint density at radius 3 is 2.43 bits per heavy atom. The summed E-state index contributed by atoms with van der Waals surface area (Å²) < 4.78 is 15.4. The van der Waals surface area contributed by atoms with Crippen molar-refractivity contribution < 1.29 is 4.39 Å². The standard InChI is InChI=1S/C15H10Cl3FN2/c1-8-2-3-12-13(4-8)21(14(7-16)20-12)9-5-10(17)15(19)11(18)6-9/h2-6H,7H2,1H3. The molecule has 0 saturated heterocycles. The molecule has 0 aliphatic rings. The molecule has 108 valence electrons. The maximum absolute atomic E-state index is 13.6. The lowest BCUT2D eigenvalue weighted by molar-refractivity contribution is 0.628. The minimum absolute atomic E-state index is 0.0347. The number of rotatable bonds is 2. The number of benzene rings is 2. The lowest BCUT2D eigenvalue weighted by Crippen LogP contribution is -2.00. The van der Waals surface area contributed by atoms with E-state index in [2.05, 4.69) is 4.98 Å². The Kier molecular flexibility index (Phi) is 3.82. The maximum atomic E-state index is 13.6. The highest BCUT2D eigenvalue weighted by Gasteiger charge is 2.15. The third kappa shape index (κ3) is 2.50. The zero-order valence-electron chi connectivity index (χ0n) is 11.0. The number of hydrogen-bond donors (Lipinski definition) is 0. The molecule has 21 heavy (non-hydrogen) atoms. The molecule has 0 spiro atoms. The largest absolute Gasteiger partial charge is 0.295 e. The fourth-order valence-corrected chi connectivity index (χ4v) is 2.94. The van der Waals surface area contributed by atoms with Crippen molar-refractivity contribution in [1.82, 2.24) is 9.55 Å².